The Bertz CT molecular complexity index is 1960. The molecule has 1 atom stereocenters. The first kappa shape index (κ1) is 73.0. The Kier molecular flexibility index (Phi) is 59.6. The third kappa shape index (κ3) is 62.7. The smallest absolute Gasteiger partial charge is 0.306 e. The summed E-state index contributed by atoms with van der Waals surface area (Å²) in [4.78, 5) is 38.2. The summed E-state index contributed by atoms with van der Waals surface area (Å²) in [6.07, 6.45) is 99.7. The van der Waals surface area contributed by atoms with Crippen molar-refractivity contribution in [3.63, 3.8) is 0 Å². The highest BCUT2D eigenvalue weighted by Crippen LogP contribution is 2.11. The van der Waals surface area contributed by atoms with Crippen LogP contribution in [0.25, 0.3) is 0 Å². The summed E-state index contributed by atoms with van der Waals surface area (Å²) >= 11 is 0. The molecule has 436 valence electrons. The molecule has 79 heavy (non-hydrogen) atoms. The zero-order valence-electron chi connectivity index (χ0n) is 49.8. The maximum absolute atomic E-state index is 12.9. The standard InChI is InChI=1S/C73H108O6/c1-4-7-10-13-16-19-22-25-27-29-31-33-34-35-36-37-38-40-41-43-45-48-51-54-57-60-63-66-72(75)78-69-70(68-77-71(74)65-62-59-56-53-50-47-24-21-18-15-12-9-6-3)79-73(76)67-64-61-58-55-52-49-46-44-42-39-32-30-28-26-23-20-17-14-11-8-5-2/h7-12,16-21,25-28,31-33,35-36,38-40,43-47,50-52,54-55,70H,4-6,13-15,22-24,29-30,34,37,41-42,48-49,53,56-69H2,1-3H3/b10-7-,11-8-,12-9-,19-16-,20-17-,21-18-,27-25-,28-26-,33-31-,36-35-,39-32-,40-38-,45-43-,46-44-,50-47-,54-51-,55-52-. The lowest BCUT2D eigenvalue weighted by Crippen LogP contribution is -2.30. The van der Waals surface area contributed by atoms with E-state index in [0.717, 1.165) is 161 Å². The third-order valence-electron chi connectivity index (χ3n) is 11.8. The Hall–Kier alpha value is -6.01. The molecule has 0 aliphatic heterocycles. The molecular weight excluding hydrogens is 973 g/mol. The maximum atomic E-state index is 12.9. The molecule has 0 N–H and O–H groups in total. The Morgan fingerprint density at radius 3 is 0.709 bits per heavy atom. The van der Waals surface area contributed by atoms with Crippen LogP contribution in [-0.2, 0) is 28.6 Å². The van der Waals surface area contributed by atoms with E-state index >= 15 is 0 Å². The minimum atomic E-state index is -0.846. The van der Waals surface area contributed by atoms with Gasteiger partial charge in [-0.15, -0.1) is 0 Å². The van der Waals surface area contributed by atoms with Crippen LogP contribution in [0, 0.1) is 0 Å². The Morgan fingerprint density at radius 2 is 0.456 bits per heavy atom. The van der Waals surface area contributed by atoms with E-state index in [1.165, 1.54) is 0 Å². The summed E-state index contributed by atoms with van der Waals surface area (Å²) in [6.45, 7) is 6.17. The van der Waals surface area contributed by atoms with Gasteiger partial charge in [-0.1, -0.05) is 234 Å². The number of esters is 3. The number of hydrogen-bond donors (Lipinski definition) is 0. The van der Waals surface area contributed by atoms with Crippen LogP contribution in [0.15, 0.2) is 207 Å². The van der Waals surface area contributed by atoms with E-state index in [4.69, 9.17) is 14.2 Å². The van der Waals surface area contributed by atoms with Gasteiger partial charge in [0.15, 0.2) is 6.10 Å². The number of ether oxygens (including phenoxy) is 3. The zero-order valence-corrected chi connectivity index (χ0v) is 49.8. The highest BCUT2D eigenvalue weighted by atomic mass is 16.6. The van der Waals surface area contributed by atoms with Gasteiger partial charge >= 0.3 is 17.9 Å². The number of allylic oxidation sites excluding steroid dienone is 34. The van der Waals surface area contributed by atoms with Crippen LogP contribution in [0.3, 0.4) is 0 Å². The van der Waals surface area contributed by atoms with Crippen LogP contribution in [0.5, 0.6) is 0 Å². The van der Waals surface area contributed by atoms with Gasteiger partial charge in [0.05, 0.1) is 0 Å². The first-order chi connectivity index (χ1) is 39.0. The van der Waals surface area contributed by atoms with Gasteiger partial charge in [0.25, 0.3) is 0 Å². The molecule has 0 amide bonds. The average molecular weight is 1080 g/mol. The first-order valence-corrected chi connectivity index (χ1v) is 30.6. The second-order valence-corrected chi connectivity index (χ2v) is 19.1. The van der Waals surface area contributed by atoms with Crippen molar-refractivity contribution in [3.8, 4) is 0 Å². The van der Waals surface area contributed by atoms with Crippen LogP contribution in [-0.4, -0.2) is 37.2 Å². The van der Waals surface area contributed by atoms with Crippen molar-refractivity contribution in [2.24, 2.45) is 0 Å². The quantitative estimate of drug-likeness (QED) is 0.0261. The number of carbonyl (C=O) groups excluding carboxylic acids is 3. The minimum Gasteiger partial charge on any atom is -0.462 e. The van der Waals surface area contributed by atoms with Crippen LogP contribution in [0.4, 0.5) is 0 Å². The lowest BCUT2D eigenvalue weighted by atomic mass is 10.1. The molecule has 0 rings (SSSR count). The molecule has 0 aromatic heterocycles. The number of hydrogen-bond acceptors (Lipinski definition) is 6. The van der Waals surface area contributed by atoms with Gasteiger partial charge in [-0.3, -0.25) is 14.4 Å². The van der Waals surface area contributed by atoms with Gasteiger partial charge in [0.2, 0.25) is 0 Å². The lowest BCUT2D eigenvalue weighted by molar-refractivity contribution is -0.167. The molecule has 0 bridgehead atoms. The molecule has 0 saturated carbocycles. The van der Waals surface area contributed by atoms with Crippen molar-refractivity contribution in [1.82, 2.24) is 0 Å². The monoisotopic (exact) mass is 1080 g/mol. The van der Waals surface area contributed by atoms with Crippen molar-refractivity contribution in [3.05, 3.63) is 207 Å². The van der Waals surface area contributed by atoms with E-state index in [-0.39, 0.29) is 44.0 Å². The number of unbranched alkanes of at least 4 members (excludes halogenated alkanes) is 7. The minimum absolute atomic E-state index is 0.137. The van der Waals surface area contributed by atoms with E-state index in [1.807, 2.05) is 0 Å². The average Bonchev–Trinajstić information content (AvgIpc) is 3.45. The molecule has 6 nitrogen and oxygen atoms in total. The number of rotatable bonds is 52. The van der Waals surface area contributed by atoms with E-state index in [1.54, 1.807) is 0 Å². The van der Waals surface area contributed by atoms with Gasteiger partial charge < -0.3 is 14.2 Å². The van der Waals surface area contributed by atoms with Crippen LogP contribution >= 0.6 is 0 Å². The van der Waals surface area contributed by atoms with Crippen molar-refractivity contribution in [2.45, 2.75) is 219 Å². The molecule has 0 fully saturated rings. The predicted molar refractivity (Wildman–Crippen MR) is 343 cm³/mol. The van der Waals surface area contributed by atoms with Crippen molar-refractivity contribution in [1.29, 1.82) is 0 Å². The molecule has 0 spiro atoms. The summed E-state index contributed by atoms with van der Waals surface area (Å²) < 4.78 is 16.8. The van der Waals surface area contributed by atoms with Gasteiger partial charge in [0, 0.05) is 19.3 Å². The van der Waals surface area contributed by atoms with E-state index < -0.39 is 6.10 Å². The topological polar surface area (TPSA) is 78.9 Å². The zero-order chi connectivity index (χ0) is 57.1. The van der Waals surface area contributed by atoms with E-state index in [9.17, 15) is 14.4 Å². The predicted octanol–water partition coefficient (Wildman–Crippen LogP) is 21.2. The van der Waals surface area contributed by atoms with Gasteiger partial charge in [-0.2, -0.15) is 0 Å². The highest BCUT2D eigenvalue weighted by Gasteiger charge is 2.19. The molecule has 6 heteroatoms. The van der Waals surface area contributed by atoms with Crippen molar-refractivity contribution >= 4 is 17.9 Å². The van der Waals surface area contributed by atoms with Crippen molar-refractivity contribution in [2.75, 3.05) is 13.2 Å². The largest absolute Gasteiger partial charge is 0.462 e. The molecule has 0 aromatic rings. The molecule has 0 heterocycles. The molecule has 0 radical (unpaired) electrons. The van der Waals surface area contributed by atoms with Gasteiger partial charge in [0.1, 0.15) is 13.2 Å². The molecule has 1 unspecified atom stereocenters. The fourth-order valence-electron chi connectivity index (χ4n) is 7.30. The summed E-state index contributed by atoms with van der Waals surface area (Å²) in [6, 6.07) is 0. The van der Waals surface area contributed by atoms with Gasteiger partial charge in [-0.25, -0.2) is 0 Å². The SMILES string of the molecule is CC/C=C\C/C=C\C/C=C\C/C=C\C/C=C\C/C=C\C/C=C\C/C=C\CCCCC(=O)OCC(COC(=O)CCCCC/C=C\C/C=C\C/C=C\CC)OC(=O)CCCC/C=C\C/C=C\C/C=C\C/C=C\C/C=C\C/C=C\CC. The van der Waals surface area contributed by atoms with E-state index in [2.05, 4.69) is 227 Å². The normalized spacial score (nSPS) is 13.6. The molecule has 0 saturated heterocycles. The van der Waals surface area contributed by atoms with E-state index in [0.29, 0.717) is 19.3 Å². The summed E-state index contributed by atoms with van der Waals surface area (Å²) in [5.41, 5.74) is 0. The third-order valence-corrected chi connectivity index (χ3v) is 11.8. The Balaban J connectivity index is 4.58. The summed E-state index contributed by atoms with van der Waals surface area (Å²) in [7, 11) is 0. The molecular formula is C73H108O6. The fourth-order valence-corrected chi connectivity index (χ4v) is 7.30. The number of carbonyl (C=O) groups is 3. The van der Waals surface area contributed by atoms with Crippen LogP contribution in [0.1, 0.15) is 213 Å². The second kappa shape index (κ2) is 64.5. The van der Waals surface area contributed by atoms with Gasteiger partial charge in [-0.05, 0) is 167 Å². The van der Waals surface area contributed by atoms with Crippen molar-refractivity contribution < 1.29 is 28.6 Å². The summed E-state index contributed by atoms with van der Waals surface area (Å²) in [5.74, 6) is -1.07. The fraction of sp³-hybridized carbons (Fsp3) is 0.493. The van der Waals surface area contributed by atoms with Crippen LogP contribution in [0.2, 0.25) is 0 Å². The Morgan fingerprint density at radius 1 is 0.253 bits per heavy atom. The summed E-state index contributed by atoms with van der Waals surface area (Å²) in [5, 5.41) is 0. The molecule has 0 aliphatic rings. The molecule has 0 aromatic carbocycles. The Labute approximate surface area is 483 Å². The highest BCUT2D eigenvalue weighted by molar-refractivity contribution is 5.71. The van der Waals surface area contributed by atoms with Crippen LogP contribution < -0.4 is 0 Å². The molecule has 0 aliphatic carbocycles. The second-order valence-electron chi connectivity index (χ2n) is 19.1. The maximum Gasteiger partial charge on any atom is 0.306 e. The first-order valence-electron chi connectivity index (χ1n) is 30.6. The lowest BCUT2D eigenvalue weighted by Gasteiger charge is -2.18.